The molecule has 1 aromatic rings. The fourth-order valence-electron chi connectivity index (χ4n) is 1.81. The third-order valence-corrected chi connectivity index (χ3v) is 6.35. The molecule has 0 aliphatic heterocycles. The van der Waals surface area contributed by atoms with Crippen molar-refractivity contribution in [1.29, 1.82) is 0 Å². The summed E-state index contributed by atoms with van der Waals surface area (Å²) in [6.45, 7) is 5.52. The van der Waals surface area contributed by atoms with Crippen LogP contribution in [0.15, 0.2) is 46.2 Å². The van der Waals surface area contributed by atoms with E-state index in [0.29, 0.717) is 5.57 Å². The molecule has 0 spiro atoms. The Labute approximate surface area is 126 Å². The molecule has 0 radical (unpaired) electrons. The maximum atomic E-state index is 12.4. The molecule has 1 aromatic carbocycles. The zero-order valence-electron chi connectivity index (χ0n) is 12.5. The third kappa shape index (κ3) is 5.75. The SMILES string of the molecule is CCOP(=O)(C/C(C)=C\S(=O)(=O)c1ccccc1)OCC. The molecule has 0 aliphatic rings. The van der Waals surface area contributed by atoms with Crippen LogP contribution < -0.4 is 0 Å². The second kappa shape index (κ2) is 7.90. The molecule has 0 aliphatic carbocycles. The fraction of sp³-hybridized carbons (Fsp3) is 0.429. The first-order valence-corrected chi connectivity index (χ1v) is 9.96. The van der Waals surface area contributed by atoms with E-state index in [1.54, 1.807) is 39.0 Å². The van der Waals surface area contributed by atoms with Gasteiger partial charge in [-0.05, 0) is 38.5 Å². The van der Waals surface area contributed by atoms with Crippen molar-refractivity contribution in [3.05, 3.63) is 41.3 Å². The van der Waals surface area contributed by atoms with Crippen molar-refractivity contribution in [3.8, 4) is 0 Å². The largest absolute Gasteiger partial charge is 0.334 e. The van der Waals surface area contributed by atoms with E-state index in [9.17, 15) is 13.0 Å². The van der Waals surface area contributed by atoms with Gasteiger partial charge in [-0.1, -0.05) is 18.2 Å². The van der Waals surface area contributed by atoms with Crippen LogP contribution in [0.3, 0.4) is 0 Å². The molecule has 1 rings (SSSR count). The van der Waals surface area contributed by atoms with E-state index in [4.69, 9.17) is 9.05 Å². The molecule has 7 heteroatoms. The summed E-state index contributed by atoms with van der Waals surface area (Å²) in [4.78, 5) is 0.201. The monoisotopic (exact) mass is 332 g/mol. The Morgan fingerprint density at radius 1 is 1.14 bits per heavy atom. The van der Waals surface area contributed by atoms with Crippen molar-refractivity contribution in [3.63, 3.8) is 0 Å². The van der Waals surface area contributed by atoms with Crippen molar-refractivity contribution in [2.45, 2.75) is 25.7 Å². The van der Waals surface area contributed by atoms with Gasteiger partial charge in [0.2, 0.25) is 0 Å². The highest BCUT2D eigenvalue weighted by atomic mass is 32.2. The number of sulfone groups is 1. The average Bonchev–Trinajstić information content (AvgIpc) is 2.39. The van der Waals surface area contributed by atoms with Gasteiger partial charge in [-0.2, -0.15) is 0 Å². The minimum Gasteiger partial charge on any atom is -0.309 e. The van der Waals surface area contributed by atoms with E-state index in [1.807, 2.05) is 0 Å². The first-order chi connectivity index (χ1) is 9.83. The van der Waals surface area contributed by atoms with Gasteiger partial charge in [-0.15, -0.1) is 0 Å². The van der Waals surface area contributed by atoms with Gasteiger partial charge in [0.15, 0.2) is 9.84 Å². The zero-order valence-corrected chi connectivity index (χ0v) is 14.2. The number of allylic oxidation sites excluding steroid dienone is 1. The minimum absolute atomic E-state index is 0.0409. The second-order valence-corrected chi connectivity index (χ2v) is 8.28. The van der Waals surface area contributed by atoms with E-state index in [0.717, 1.165) is 5.41 Å². The number of benzene rings is 1. The Balaban J connectivity index is 2.96. The molecule has 0 fully saturated rings. The van der Waals surface area contributed by atoms with Crippen molar-refractivity contribution in [2.75, 3.05) is 19.4 Å². The summed E-state index contributed by atoms with van der Waals surface area (Å²) in [7, 11) is -6.84. The van der Waals surface area contributed by atoms with Crippen LogP contribution in [0.4, 0.5) is 0 Å². The molecule has 0 saturated carbocycles. The maximum absolute atomic E-state index is 12.4. The maximum Gasteiger partial charge on any atom is 0.334 e. The van der Waals surface area contributed by atoms with Crippen LogP contribution >= 0.6 is 7.60 Å². The van der Waals surface area contributed by atoms with E-state index in [1.165, 1.54) is 12.1 Å². The first kappa shape index (κ1) is 18.1. The van der Waals surface area contributed by atoms with Crippen molar-refractivity contribution < 1.29 is 22.0 Å². The lowest BCUT2D eigenvalue weighted by molar-refractivity contribution is 0.222. The third-order valence-electron chi connectivity index (χ3n) is 2.52. The molecule has 5 nitrogen and oxygen atoms in total. The van der Waals surface area contributed by atoms with Crippen LogP contribution in [0.1, 0.15) is 20.8 Å². The molecule has 0 heterocycles. The van der Waals surface area contributed by atoms with E-state index in [-0.39, 0.29) is 24.3 Å². The highest BCUT2D eigenvalue weighted by molar-refractivity contribution is 7.94. The summed E-state index contributed by atoms with van der Waals surface area (Å²) in [5.41, 5.74) is 0.434. The van der Waals surface area contributed by atoms with Gasteiger partial charge in [0.1, 0.15) is 0 Å². The van der Waals surface area contributed by atoms with Crippen molar-refractivity contribution >= 4 is 17.4 Å². The predicted molar refractivity (Wildman–Crippen MR) is 83.1 cm³/mol. The van der Waals surface area contributed by atoms with E-state index < -0.39 is 17.4 Å². The van der Waals surface area contributed by atoms with Gasteiger partial charge in [-0.25, -0.2) is 8.42 Å². The highest BCUT2D eigenvalue weighted by Crippen LogP contribution is 2.49. The molecule has 0 saturated heterocycles. The van der Waals surface area contributed by atoms with Gasteiger partial charge in [0, 0.05) is 5.41 Å². The molecular formula is C14H21O5PS. The molecule has 0 amide bonds. The van der Waals surface area contributed by atoms with Crippen molar-refractivity contribution in [1.82, 2.24) is 0 Å². The Bertz CT molecular complexity index is 612. The second-order valence-electron chi connectivity index (χ2n) is 4.43. The van der Waals surface area contributed by atoms with E-state index >= 15 is 0 Å². The molecule has 0 N–H and O–H groups in total. The van der Waals surface area contributed by atoms with Crippen LogP contribution in [0, 0.1) is 0 Å². The van der Waals surface area contributed by atoms with Crippen LogP contribution in [-0.2, 0) is 23.4 Å². The van der Waals surface area contributed by atoms with Gasteiger partial charge < -0.3 is 9.05 Å². The molecule has 0 bridgehead atoms. The first-order valence-electron chi connectivity index (χ1n) is 6.68. The summed E-state index contributed by atoms with van der Waals surface area (Å²) >= 11 is 0. The van der Waals surface area contributed by atoms with Gasteiger partial charge in [0.25, 0.3) is 0 Å². The smallest absolute Gasteiger partial charge is 0.309 e. The van der Waals surface area contributed by atoms with Crippen LogP contribution in [0.2, 0.25) is 0 Å². The molecule has 21 heavy (non-hydrogen) atoms. The predicted octanol–water partition coefficient (Wildman–Crippen LogP) is 3.63. The Hall–Kier alpha value is -0.940. The Morgan fingerprint density at radius 3 is 2.14 bits per heavy atom. The van der Waals surface area contributed by atoms with Crippen LogP contribution in [0.25, 0.3) is 0 Å². The molecule has 0 atom stereocenters. The van der Waals surface area contributed by atoms with Crippen molar-refractivity contribution in [2.24, 2.45) is 0 Å². The van der Waals surface area contributed by atoms with Gasteiger partial charge >= 0.3 is 7.60 Å². The molecule has 0 unspecified atom stereocenters. The van der Waals surface area contributed by atoms with Gasteiger partial charge in [-0.3, -0.25) is 4.57 Å². The lowest BCUT2D eigenvalue weighted by atomic mass is 10.4. The fourth-order valence-corrected chi connectivity index (χ4v) is 4.96. The summed E-state index contributed by atoms with van der Waals surface area (Å²) in [5.74, 6) is 0. The number of rotatable bonds is 8. The lowest BCUT2D eigenvalue weighted by Crippen LogP contribution is -2.03. The van der Waals surface area contributed by atoms with Gasteiger partial charge in [0.05, 0.1) is 24.3 Å². The van der Waals surface area contributed by atoms with Crippen LogP contribution in [0.5, 0.6) is 0 Å². The summed E-state index contributed by atoms with van der Waals surface area (Å²) in [5, 5.41) is 1.12. The quantitative estimate of drug-likeness (QED) is 0.680. The summed E-state index contributed by atoms with van der Waals surface area (Å²) < 4.78 is 47.1. The standard InChI is InChI=1S/C14H21O5PS/c1-4-18-20(15,19-5-2)11-13(3)12-21(16,17)14-9-7-6-8-10-14/h6-10,12H,4-5,11H2,1-3H3/b13-12-. The topological polar surface area (TPSA) is 69.7 Å². The Morgan fingerprint density at radius 2 is 1.67 bits per heavy atom. The van der Waals surface area contributed by atoms with E-state index in [2.05, 4.69) is 0 Å². The summed E-state index contributed by atoms with van der Waals surface area (Å²) in [6.07, 6.45) is -0.0409. The zero-order chi connectivity index (χ0) is 15.9. The highest BCUT2D eigenvalue weighted by Gasteiger charge is 2.25. The lowest BCUT2D eigenvalue weighted by Gasteiger charge is -2.17. The Kier molecular flexibility index (Phi) is 6.81. The minimum atomic E-state index is -3.56. The normalized spacial score (nSPS) is 13.4. The number of hydrogen-bond acceptors (Lipinski definition) is 5. The number of hydrogen-bond donors (Lipinski definition) is 0. The molecule has 0 aromatic heterocycles. The van der Waals surface area contributed by atoms with Crippen LogP contribution in [-0.4, -0.2) is 27.8 Å². The molecule has 118 valence electrons. The summed E-state index contributed by atoms with van der Waals surface area (Å²) in [6, 6.07) is 8.09. The molecular weight excluding hydrogens is 311 g/mol. The average molecular weight is 332 g/mol.